The topological polar surface area (TPSA) is 108 Å². The van der Waals surface area contributed by atoms with E-state index in [1.807, 2.05) is 37.3 Å². The second-order valence-electron chi connectivity index (χ2n) is 7.23. The fourth-order valence-corrected chi connectivity index (χ4v) is 3.20. The molecule has 0 saturated heterocycles. The number of anilines is 2. The standard InChI is InChI=1S/C25H24N4O5/c1-3-29-15-19(23(28-29)25(31)26-17-9-5-4-6-10-17)27-24(30)22-14-13-18(34-22)16-33-21-12-8-7-11-20(21)32-2/h4-15H,3,16H2,1-2H3,(H,26,31)(H,27,30). The molecule has 2 aromatic carbocycles. The number of aryl methyl sites for hydroxylation is 1. The molecule has 4 rings (SSSR count). The third kappa shape index (κ3) is 5.26. The first-order valence-corrected chi connectivity index (χ1v) is 10.7. The normalized spacial score (nSPS) is 10.5. The molecule has 0 spiro atoms. The zero-order chi connectivity index (χ0) is 23.9. The monoisotopic (exact) mass is 460 g/mol. The predicted molar refractivity (Wildman–Crippen MR) is 126 cm³/mol. The molecule has 2 amide bonds. The second kappa shape index (κ2) is 10.4. The van der Waals surface area contributed by atoms with Gasteiger partial charge in [0.25, 0.3) is 11.8 Å². The Balaban J connectivity index is 1.44. The van der Waals surface area contributed by atoms with Crippen molar-refractivity contribution in [2.24, 2.45) is 0 Å². The summed E-state index contributed by atoms with van der Waals surface area (Å²) < 4.78 is 18.2. The molecule has 174 valence electrons. The summed E-state index contributed by atoms with van der Waals surface area (Å²) in [7, 11) is 1.56. The number of nitrogens with zero attached hydrogens (tertiary/aromatic N) is 2. The van der Waals surface area contributed by atoms with Crippen LogP contribution in [0.3, 0.4) is 0 Å². The predicted octanol–water partition coefficient (Wildman–Crippen LogP) is 4.59. The maximum absolute atomic E-state index is 12.8. The third-order valence-corrected chi connectivity index (χ3v) is 4.91. The Morgan fingerprint density at radius 1 is 0.941 bits per heavy atom. The molecule has 0 bridgehead atoms. The van der Waals surface area contributed by atoms with Crippen molar-refractivity contribution in [3.63, 3.8) is 0 Å². The van der Waals surface area contributed by atoms with Crippen LogP contribution in [-0.4, -0.2) is 28.7 Å². The van der Waals surface area contributed by atoms with Crippen LogP contribution in [0.1, 0.15) is 33.7 Å². The molecule has 0 saturated carbocycles. The number of aromatic nitrogens is 2. The van der Waals surface area contributed by atoms with Gasteiger partial charge in [-0.15, -0.1) is 0 Å². The number of methoxy groups -OCH3 is 1. The van der Waals surface area contributed by atoms with E-state index in [2.05, 4.69) is 15.7 Å². The van der Waals surface area contributed by atoms with E-state index in [9.17, 15) is 9.59 Å². The molecule has 34 heavy (non-hydrogen) atoms. The molecule has 0 unspecified atom stereocenters. The van der Waals surface area contributed by atoms with Gasteiger partial charge in [-0.3, -0.25) is 14.3 Å². The molecule has 9 nitrogen and oxygen atoms in total. The first kappa shape index (κ1) is 22.7. The van der Waals surface area contributed by atoms with Gasteiger partial charge in [0.05, 0.1) is 12.8 Å². The lowest BCUT2D eigenvalue weighted by Gasteiger charge is -2.08. The van der Waals surface area contributed by atoms with Gasteiger partial charge < -0.3 is 24.5 Å². The molecule has 2 N–H and O–H groups in total. The number of amides is 2. The first-order valence-electron chi connectivity index (χ1n) is 10.7. The Morgan fingerprint density at radius 3 is 2.41 bits per heavy atom. The van der Waals surface area contributed by atoms with Crippen molar-refractivity contribution in [1.29, 1.82) is 0 Å². The number of benzene rings is 2. The summed E-state index contributed by atoms with van der Waals surface area (Å²) in [4.78, 5) is 25.6. The van der Waals surface area contributed by atoms with Crippen LogP contribution >= 0.6 is 0 Å². The first-order chi connectivity index (χ1) is 16.6. The summed E-state index contributed by atoms with van der Waals surface area (Å²) in [5.74, 6) is 0.765. The van der Waals surface area contributed by atoms with Gasteiger partial charge >= 0.3 is 0 Å². The minimum atomic E-state index is -0.507. The average molecular weight is 460 g/mol. The molecule has 0 radical (unpaired) electrons. The van der Waals surface area contributed by atoms with Gasteiger partial charge in [-0.25, -0.2) is 0 Å². The van der Waals surface area contributed by atoms with Gasteiger partial charge in [-0.1, -0.05) is 30.3 Å². The maximum atomic E-state index is 12.8. The van der Waals surface area contributed by atoms with E-state index >= 15 is 0 Å². The van der Waals surface area contributed by atoms with Crippen LogP contribution in [0.5, 0.6) is 11.5 Å². The van der Waals surface area contributed by atoms with Crippen molar-refractivity contribution < 1.29 is 23.5 Å². The highest BCUT2D eigenvalue weighted by Gasteiger charge is 2.21. The second-order valence-corrected chi connectivity index (χ2v) is 7.23. The number of para-hydroxylation sites is 3. The highest BCUT2D eigenvalue weighted by atomic mass is 16.5. The van der Waals surface area contributed by atoms with Crippen molar-refractivity contribution in [2.75, 3.05) is 17.7 Å². The summed E-state index contributed by atoms with van der Waals surface area (Å²) in [6.07, 6.45) is 1.60. The molecule has 2 heterocycles. The number of carbonyl (C=O) groups excluding carboxylic acids is 2. The summed E-state index contributed by atoms with van der Waals surface area (Å²) in [6.45, 7) is 2.54. The quantitative estimate of drug-likeness (QED) is 0.378. The lowest BCUT2D eigenvalue weighted by molar-refractivity contribution is 0.0992. The molecule has 0 aliphatic carbocycles. The Morgan fingerprint density at radius 2 is 1.68 bits per heavy atom. The highest BCUT2D eigenvalue weighted by Crippen LogP contribution is 2.27. The largest absolute Gasteiger partial charge is 0.493 e. The zero-order valence-electron chi connectivity index (χ0n) is 18.8. The van der Waals surface area contributed by atoms with E-state index in [0.717, 1.165) is 0 Å². The van der Waals surface area contributed by atoms with Crippen LogP contribution in [0.2, 0.25) is 0 Å². The summed E-state index contributed by atoms with van der Waals surface area (Å²) in [6, 6.07) is 19.5. The van der Waals surface area contributed by atoms with Crippen LogP contribution < -0.4 is 20.1 Å². The molecular weight excluding hydrogens is 436 g/mol. The minimum absolute atomic E-state index is 0.0808. The number of carbonyl (C=O) groups is 2. The fourth-order valence-electron chi connectivity index (χ4n) is 3.20. The van der Waals surface area contributed by atoms with Gasteiger partial charge in [0.1, 0.15) is 12.4 Å². The van der Waals surface area contributed by atoms with E-state index in [1.165, 1.54) is 0 Å². The van der Waals surface area contributed by atoms with Gasteiger partial charge in [-0.2, -0.15) is 5.10 Å². The molecule has 0 atom stereocenters. The van der Waals surface area contributed by atoms with E-state index in [0.29, 0.717) is 29.5 Å². The molecule has 0 fully saturated rings. The maximum Gasteiger partial charge on any atom is 0.291 e. The van der Waals surface area contributed by atoms with Crippen molar-refractivity contribution in [2.45, 2.75) is 20.1 Å². The van der Waals surface area contributed by atoms with Gasteiger partial charge in [0.15, 0.2) is 23.0 Å². The Bertz CT molecular complexity index is 1280. The number of hydrogen-bond donors (Lipinski definition) is 2. The molecule has 4 aromatic rings. The van der Waals surface area contributed by atoms with Gasteiger partial charge in [0.2, 0.25) is 0 Å². The average Bonchev–Trinajstić information content (AvgIpc) is 3.51. The number of furan rings is 1. The van der Waals surface area contributed by atoms with Crippen molar-refractivity contribution in [1.82, 2.24) is 9.78 Å². The molecule has 0 aliphatic heterocycles. The Kier molecular flexibility index (Phi) is 6.92. The number of nitrogens with one attached hydrogen (secondary N) is 2. The highest BCUT2D eigenvalue weighted by molar-refractivity contribution is 6.10. The van der Waals surface area contributed by atoms with Gasteiger partial charge in [-0.05, 0) is 43.3 Å². The van der Waals surface area contributed by atoms with Crippen LogP contribution in [-0.2, 0) is 13.2 Å². The minimum Gasteiger partial charge on any atom is -0.493 e. The van der Waals surface area contributed by atoms with Crippen molar-refractivity contribution in [3.8, 4) is 11.5 Å². The molecular formula is C25H24N4O5. The van der Waals surface area contributed by atoms with Crippen molar-refractivity contribution in [3.05, 3.63) is 90.1 Å². The number of hydrogen-bond acceptors (Lipinski definition) is 6. The summed E-state index contributed by atoms with van der Waals surface area (Å²) in [5, 5.41) is 9.78. The van der Waals surface area contributed by atoms with E-state index in [-0.39, 0.29) is 23.7 Å². The third-order valence-electron chi connectivity index (χ3n) is 4.91. The van der Waals surface area contributed by atoms with E-state index in [1.54, 1.807) is 54.4 Å². The SMILES string of the molecule is CCn1cc(NC(=O)c2ccc(COc3ccccc3OC)o2)c(C(=O)Nc2ccccc2)n1. The number of ether oxygens (including phenoxy) is 2. The summed E-state index contributed by atoms with van der Waals surface area (Å²) >= 11 is 0. The van der Waals surface area contributed by atoms with Crippen LogP contribution in [0.15, 0.2) is 77.3 Å². The van der Waals surface area contributed by atoms with Gasteiger partial charge in [0, 0.05) is 18.4 Å². The summed E-state index contributed by atoms with van der Waals surface area (Å²) in [5.41, 5.74) is 1.01. The molecule has 0 aliphatic rings. The van der Waals surface area contributed by atoms with Crippen LogP contribution in [0.4, 0.5) is 11.4 Å². The van der Waals surface area contributed by atoms with Crippen molar-refractivity contribution >= 4 is 23.2 Å². The Hall–Kier alpha value is -4.53. The lowest BCUT2D eigenvalue weighted by Crippen LogP contribution is -2.17. The smallest absolute Gasteiger partial charge is 0.291 e. The Labute approximate surface area is 196 Å². The van der Waals surface area contributed by atoms with E-state index < -0.39 is 11.8 Å². The lowest BCUT2D eigenvalue weighted by atomic mass is 10.3. The van der Waals surface area contributed by atoms with E-state index in [4.69, 9.17) is 13.9 Å². The zero-order valence-corrected chi connectivity index (χ0v) is 18.8. The fraction of sp³-hybridized carbons (Fsp3) is 0.160. The van der Waals surface area contributed by atoms with Crippen LogP contribution in [0.25, 0.3) is 0 Å². The number of rotatable bonds is 9. The molecule has 2 aromatic heterocycles. The molecule has 9 heteroatoms. The van der Waals surface area contributed by atoms with Crippen LogP contribution in [0, 0.1) is 0 Å².